The third-order valence-corrected chi connectivity index (χ3v) is 4.72. The Hall–Kier alpha value is -1.52. The van der Waals surface area contributed by atoms with Crippen LogP contribution in [-0.2, 0) is 6.42 Å². The molecule has 0 atom stereocenters. The van der Waals surface area contributed by atoms with E-state index in [0.717, 1.165) is 29.5 Å². The maximum Gasteiger partial charge on any atom is 0.255 e. The molecule has 1 aliphatic rings. The van der Waals surface area contributed by atoms with Crippen LogP contribution in [0.1, 0.15) is 22.3 Å². The number of anilines is 2. The summed E-state index contributed by atoms with van der Waals surface area (Å²) in [4.78, 5) is 12.3. The van der Waals surface area contributed by atoms with Crippen molar-refractivity contribution in [1.82, 2.24) is 0 Å². The lowest BCUT2D eigenvalue weighted by atomic mass is 10.0. The summed E-state index contributed by atoms with van der Waals surface area (Å²) in [6, 6.07) is 11.1. The highest BCUT2D eigenvalue weighted by atomic mass is 79.9. The van der Waals surface area contributed by atoms with Gasteiger partial charge in [0, 0.05) is 28.0 Å². The zero-order valence-electron chi connectivity index (χ0n) is 11.2. The van der Waals surface area contributed by atoms with Gasteiger partial charge in [-0.05, 0) is 70.7 Å². The molecule has 2 aromatic rings. The molecule has 3 nitrogen and oxygen atoms in total. The molecular formula is C16H14BrClN2O. The number of aryl methyl sites for hydroxylation is 1. The van der Waals surface area contributed by atoms with Crippen LogP contribution in [0.15, 0.2) is 40.9 Å². The van der Waals surface area contributed by atoms with E-state index >= 15 is 0 Å². The van der Waals surface area contributed by atoms with Crippen LogP contribution in [0.5, 0.6) is 0 Å². The molecule has 1 heterocycles. The van der Waals surface area contributed by atoms with Crippen molar-refractivity contribution in [3.63, 3.8) is 0 Å². The second kappa shape index (κ2) is 6.08. The molecule has 1 amide bonds. The summed E-state index contributed by atoms with van der Waals surface area (Å²) in [6.07, 6.45) is 2.11. The minimum Gasteiger partial charge on any atom is -0.385 e. The first kappa shape index (κ1) is 14.4. The van der Waals surface area contributed by atoms with Crippen molar-refractivity contribution in [1.29, 1.82) is 0 Å². The zero-order chi connectivity index (χ0) is 14.8. The molecule has 2 N–H and O–H groups in total. The number of fused-ring (bicyclic) bond motifs is 1. The SMILES string of the molecule is O=C(Nc1ccc(Br)c(Cl)c1)c1ccc2c(c1)CCCN2. The fraction of sp³-hybridized carbons (Fsp3) is 0.188. The van der Waals surface area contributed by atoms with Gasteiger partial charge >= 0.3 is 0 Å². The van der Waals surface area contributed by atoms with Crippen LogP contribution in [0.4, 0.5) is 11.4 Å². The summed E-state index contributed by atoms with van der Waals surface area (Å²) in [6.45, 7) is 0.996. The first-order valence-electron chi connectivity index (χ1n) is 6.77. The fourth-order valence-corrected chi connectivity index (χ4v) is 2.82. The molecule has 0 aliphatic carbocycles. The van der Waals surface area contributed by atoms with E-state index in [2.05, 4.69) is 26.6 Å². The van der Waals surface area contributed by atoms with E-state index < -0.39 is 0 Å². The van der Waals surface area contributed by atoms with Crippen molar-refractivity contribution in [2.24, 2.45) is 0 Å². The van der Waals surface area contributed by atoms with Crippen molar-refractivity contribution in [3.8, 4) is 0 Å². The molecule has 108 valence electrons. The topological polar surface area (TPSA) is 41.1 Å². The molecule has 5 heteroatoms. The minimum absolute atomic E-state index is 0.123. The van der Waals surface area contributed by atoms with Gasteiger partial charge in [-0.2, -0.15) is 0 Å². The normalized spacial score (nSPS) is 13.2. The third kappa shape index (κ3) is 3.22. The van der Waals surface area contributed by atoms with E-state index in [1.807, 2.05) is 30.3 Å². The van der Waals surface area contributed by atoms with Crippen molar-refractivity contribution in [3.05, 3.63) is 57.0 Å². The smallest absolute Gasteiger partial charge is 0.255 e. The molecule has 2 aromatic carbocycles. The zero-order valence-corrected chi connectivity index (χ0v) is 13.6. The summed E-state index contributed by atoms with van der Waals surface area (Å²) in [5.41, 5.74) is 3.67. The predicted molar refractivity (Wildman–Crippen MR) is 90.4 cm³/mol. The van der Waals surface area contributed by atoms with Crippen molar-refractivity contribution in [2.75, 3.05) is 17.2 Å². The van der Waals surface area contributed by atoms with Gasteiger partial charge in [-0.3, -0.25) is 4.79 Å². The van der Waals surface area contributed by atoms with Crippen molar-refractivity contribution >= 4 is 44.8 Å². The number of benzene rings is 2. The molecule has 0 saturated carbocycles. The number of nitrogens with one attached hydrogen (secondary N) is 2. The molecular weight excluding hydrogens is 352 g/mol. The van der Waals surface area contributed by atoms with Gasteiger partial charge < -0.3 is 10.6 Å². The molecule has 0 bridgehead atoms. The van der Waals surface area contributed by atoms with Gasteiger partial charge in [0.2, 0.25) is 0 Å². The number of amides is 1. The van der Waals surface area contributed by atoms with E-state index in [0.29, 0.717) is 16.3 Å². The molecule has 0 radical (unpaired) electrons. The summed E-state index contributed by atoms with van der Waals surface area (Å²) in [7, 11) is 0. The van der Waals surface area contributed by atoms with Crippen LogP contribution in [0.2, 0.25) is 5.02 Å². The van der Waals surface area contributed by atoms with Crippen LogP contribution in [0.25, 0.3) is 0 Å². The number of halogens is 2. The Labute approximate surface area is 136 Å². The number of hydrogen-bond acceptors (Lipinski definition) is 2. The van der Waals surface area contributed by atoms with Gasteiger partial charge in [-0.1, -0.05) is 11.6 Å². The average Bonchev–Trinajstić information content (AvgIpc) is 2.50. The van der Waals surface area contributed by atoms with Gasteiger partial charge in [-0.25, -0.2) is 0 Å². The third-order valence-electron chi connectivity index (χ3n) is 3.48. The van der Waals surface area contributed by atoms with Crippen LogP contribution in [0.3, 0.4) is 0 Å². The quantitative estimate of drug-likeness (QED) is 0.809. The number of carbonyl (C=O) groups excluding carboxylic acids is 1. The van der Waals surface area contributed by atoms with Gasteiger partial charge in [0.15, 0.2) is 0 Å². The number of carbonyl (C=O) groups is 1. The molecule has 0 spiro atoms. The van der Waals surface area contributed by atoms with Crippen LogP contribution >= 0.6 is 27.5 Å². The highest BCUT2D eigenvalue weighted by molar-refractivity contribution is 9.10. The van der Waals surface area contributed by atoms with Crippen molar-refractivity contribution < 1.29 is 4.79 Å². The summed E-state index contributed by atoms with van der Waals surface area (Å²) in [5, 5.41) is 6.78. The molecule has 3 rings (SSSR count). The Bertz CT molecular complexity index is 703. The average molecular weight is 366 g/mol. The molecule has 1 aliphatic heterocycles. The first-order valence-corrected chi connectivity index (χ1v) is 7.94. The second-order valence-corrected chi connectivity index (χ2v) is 6.25. The largest absolute Gasteiger partial charge is 0.385 e. The van der Waals surface area contributed by atoms with E-state index in [1.165, 1.54) is 5.56 Å². The maximum absolute atomic E-state index is 12.3. The van der Waals surface area contributed by atoms with Crippen LogP contribution < -0.4 is 10.6 Å². The van der Waals surface area contributed by atoms with Gasteiger partial charge in [0.1, 0.15) is 0 Å². The van der Waals surface area contributed by atoms with Gasteiger partial charge in [0.25, 0.3) is 5.91 Å². The first-order chi connectivity index (χ1) is 10.1. The van der Waals surface area contributed by atoms with E-state index in [-0.39, 0.29) is 5.91 Å². The lowest BCUT2D eigenvalue weighted by Crippen LogP contribution is -2.15. The monoisotopic (exact) mass is 364 g/mol. The Morgan fingerprint density at radius 2 is 2.10 bits per heavy atom. The Kier molecular flexibility index (Phi) is 4.17. The van der Waals surface area contributed by atoms with E-state index in [9.17, 15) is 4.79 Å². The summed E-state index contributed by atoms with van der Waals surface area (Å²) in [5.74, 6) is -0.123. The fourth-order valence-electron chi connectivity index (χ4n) is 2.39. The Morgan fingerprint density at radius 1 is 1.24 bits per heavy atom. The van der Waals surface area contributed by atoms with Crippen molar-refractivity contribution in [2.45, 2.75) is 12.8 Å². The lowest BCUT2D eigenvalue weighted by Gasteiger charge is -2.18. The Balaban J connectivity index is 1.80. The van der Waals surface area contributed by atoms with E-state index in [1.54, 1.807) is 6.07 Å². The van der Waals surface area contributed by atoms with E-state index in [4.69, 9.17) is 11.6 Å². The molecule has 0 saturated heterocycles. The molecule has 21 heavy (non-hydrogen) atoms. The summed E-state index contributed by atoms with van der Waals surface area (Å²) >= 11 is 9.36. The van der Waals surface area contributed by atoms with Crippen LogP contribution in [-0.4, -0.2) is 12.5 Å². The molecule has 0 unspecified atom stereocenters. The highest BCUT2D eigenvalue weighted by Crippen LogP contribution is 2.26. The lowest BCUT2D eigenvalue weighted by molar-refractivity contribution is 0.102. The minimum atomic E-state index is -0.123. The predicted octanol–water partition coefficient (Wildman–Crippen LogP) is 4.71. The second-order valence-electron chi connectivity index (χ2n) is 4.99. The van der Waals surface area contributed by atoms with Gasteiger partial charge in [-0.15, -0.1) is 0 Å². The van der Waals surface area contributed by atoms with Gasteiger partial charge in [0.05, 0.1) is 5.02 Å². The summed E-state index contributed by atoms with van der Waals surface area (Å²) < 4.78 is 0.807. The maximum atomic E-state index is 12.3. The molecule has 0 fully saturated rings. The number of hydrogen-bond donors (Lipinski definition) is 2. The molecule has 0 aromatic heterocycles. The highest BCUT2D eigenvalue weighted by Gasteiger charge is 2.13. The van der Waals surface area contributed by atoms with Crippen LogP contribution in [0, 0.1) is 0 Å². The number of rotatable bonds is 2. The standard InChI is InChI=1S/C16H14BrClN2O/c17-13-5-4-12(9-14(13)18)20-16(21)11-3-6-15-10(8-11)2-1-7-19-15/h3-6,8-9,19H,1-2,7H2,(H,20,21). The Morgan fingerprint density at radius 3 is 2.90 bits per heavy atom.